The van der Waals surface area contributed by atoms with Crippen molar-refractivity contribution in [3.8, 4) is 6.07 Å². The minimum absolute atomic E-state index is 0.0177. The number of carbonyl (C=O) groups excluding carboxylic acids is 1. The minimum atomic E-state index is 0.0177. The fourth-order valence-corrected chi connectivity index (χ4v) is 3.62. The van der Waals surface area contributed by atoms with Gasteiger partial charge in [0.1, 0.15) is 0 Å². The van der Waals surface area contributed by atoms with Crippen molar-refractivity contribution in [1.82, 2.24) is 9.80 Å². The van der Waals surface area contributed by atoms with Crippen LogP contribution in [0, 0.1) is 11.3 Å². The predicted octanol–water partition coefficient (Wildman–Crippen LogP) is 3.99. The Bertz CT molecular complexity index is 805. The summed E-state index contributed by atoms with van der Waals surface area (Å²) in [5.41, 5.74) is 3.59. The fraction of sp³-hybridized carbons (Fsp3) is 0.364. The average Bonchev–Trinajstić information content (AvgIpc) is 2.67. The Kier molecular flexibility index (Phi) is 5.70. The van der Waals surface area contributed by atoms with Crippen molar-refractivity contribution in [2.45, 2.75) is 31.8 Å². The molecule has 0 bridgehead atoms. The Morgan fingerprint density at radius 1 is 1.19 bits per heavy atom. The highest BCUT2D eigenvalue weighted by Crippen LogP contribution is 2.32. The first-order valence-electron chi connectivity index (χ1n) is 9.13. The van der Waals surface area contributed by atoms with Gasteiger partial charge in [0.15, 0.2) is 0 Å². The summed E-state index contributed by atoms with van der Waals surface area (Å²) < 4.78 is 0. The second-order valence-corrected chi connectivity index (χ2v) is 7.18. The standard InChI is InChI=1S/C22H25N3O/c1-24(2)16-17-9-11-19(12-10-17)21-8-3-4-13-25(21)22(26)20-7-5-6-18(14-20)15-23/h5-7,9-12,14,21H,3-4,8,13,16H2,1-2H3/t21-/m0/s1. The van der Waals surface area contributed by atoms with Gasteiger partial charge in [0.05, 0.1) is 17.7 Å². The van der Waals surface area contributed by atoms with Crippen LogP contribution < -0.4 is 0 Å². The Morgan fingerprint density at radius 2 is 1.96 bits per heavy atom. The number of nitriles is 1. The van der Waals surface area contributed by atoms with Gasteiger partial charge in [-0.1, -0.05) is 30.3 Å². The largest absolute Gasteiger partial charge is 0.332 e. The maximum Gasteiger partial charge on any atom is 0.254 e. The molecule has 0 unspecified atom stereocenters. The summed E-state index contributed by atoms with van der Waals surface area (Å²) in [7, 11) is 4.12. The summed E-state index contributed by atoms with van der Waals surface area (Å²) in [5.74, 6) is 0.0177. The fourth-order valence-electron chi connectivity index (χ4n) is 3.62. The van der Waals surface area contributed by atoms with Crippen LogP contribution in [0.5, 0.6) is 0 Å². The summed E-state index contributed by atoms with van der Waals surface area (Å²) in [6, 6.07) is 17.8. The first kappa shape index (κ1) is 18.2. The molecule has 1 aliphatic heterocycles. The van der Waals surface area contributed by atoms with Crippen molar-refractivity contribution in [2.75, 3.05) is 20.6 Å². The smallest absolute Gasteiger partial charge is 0.254 e. The molecule has 26 heavy (non-hydrogen) atoms. The van der Waals surface area contributed by atoms with E-state index in [-0.39, 0.29) is 11.9 Å². The van der Waals surface area contributed by atoms with Crippen LogP contribution in [0.25, 0.3) is 0 Å². The molecule has 1 aliphatic rings. The van der Waals surface area contributed by atoms with E-state index in [9.17, 15) is 4.79 Å². The maximum absolute atomic E-state index is 13.1. The molecule has 1 atom stereocenters. The molecule has 134 valence electrons. The summed E-state index contributed by atoms with van der Waals surface area (Å²) in [6.07, 6.45) is 3.14. The van der Waals surface area contributed by atoms with E-state index >= 15 is 0 Å². The van der Waals surface area contributed by atoms with Gasteiger partial charge in [-0.25, -0.2) is 0 Å². The molecule has 2 aromatic rings. The molecule has 1 fully saturated rings. The molecule has 0 N–H and O–H groups in total. The van der Waals surface area contributed by atoms with Crippen molar-refractivity contribution in [1.29, 1.82) is 5.26 Å². The van der Waals surface area contributed by atoms with E-state index in [4.69, 9.17) is 5.26 Å². The zero-order valence-corrected chi connectivity index (χ0v) is 15.5. The van der Waals surface area contributed by atoms with E-state index < -0.39 is 0 Å². The number of benzene rings is 2. The lowest BCUT2D eigenvalue weighted by molar-refractivity contribution is 0.0611. The van der Waals surface area contributed by atoms with E-state index in [1.807, 2.05) is 4.90 Å². The quantitative estimate of drug-likeness (QED) is 0.840. The lowest BCUT2D eigenvalue weighted by Crippen LogP contribution is -2.38. The van der Waals surface area contributed by atoms with Crippen LogP contribution in [-0.2, 0) is 6.54 Å². The molecule has 0 saturated carbocycles. The molecule has 0 aromatic heterocycles. The lowest BCUT2D eigenvalue weighted by Gasteiger charge is -2.36. The Balaban J connectivity index is 1.83. The third-order valence-corrected chi connectivity index (χ3v) is 4.87. The van der Waals surface area contributed by atoms with Gasteiger partial charge in [-0.2, -0.15) is 5.26 Å². The van der Waals surface area contributed by atoms with Crippen molar-refractivity contribution in [2.24, 2.45) is 0 Å². The van der Waals surface area contributed by atoms with Crippen molar-refractivity contribution < 1.29 is 4.79 Å². The van der Waals surface area contributed by atoms with E-state index in [0.29, 0.717) is 11.1 Å². The van der Waals surface area contributed by atoms with Crippen LogP contribution in [-0.4, -0.2) is 36.3 Å². The SMILES string of the molecule is CN(C)Cc1ccc([C@@H]2CCCCN2C(=O)c2cccc(C#N)c2)cc1. The number of likely N-dealkylation sites (tertiary alicyclic amines) is 1. The van der Waals surface area contributed by atoms with Gasteiger partial charge in [0.25, 0.3) is 5.91 Å². The van der Waals surface area contributed by atoms with Gasteiger partial charge in [0.2, 0.25) is 0 Å². The number of hydrogen-bond donors (Lipinski definition) is 0. The topological polar surface area (TPSA) is 47.3 Å². The highest BCUT2D eigenvalue weighted by Gasteiger charge is 2.28. The maximum atomic E-state index is 13.1. The number of piperidine rings is 1. The van der Waals surface area contributed by atoms with E-state index in [0.717, 1.165) is 32.4 Å². The third kappa shape index (κ3) is 4.12. The van der Waals surface area contributed by atoms with E-state index in [2.05, 4.69) is 49.3 Å². The molecule has 1 heterocycles. The van der Waals surface area contributed by atoms with Gasteiger partial charge in [-0.05, 0) is 62.7 Å². The van der Waals surface area contributed by atoms with Crippen LogP contribution in [0.4, 0.5) is 0 Å². The Labute approximate surface area is 155 Å². The summed E-state index contributed by atoms with van der Waals surface area (Å²) in [5, 5.41) is 9.09. The van der Waals surface area contributed by atoms with Crippen molar-refractivity contribution >= 4 is 5.91 Å². The van der Waals surface area contributed by atoms with Gasteiger partial charge < -0.3 is 9.80 Å². The van der Waals surface area contributed by atoms with Crippen LogP contribution in [0.15, 0.2) is 48.5 Å². The summed E-state index contributed by atoms with van der Waals surface area (Å²) >= 11 is 0. The zero-order valence-electron chi connectivity index (χ0n) is 15.5. The number of rotatable bonds is 4. The number of hydrogen-bond acceptors (Lipinski definition) is 3. The number of nitrogens with zero attached hydrogens (tertiary/aromatic N) is 3. The molecular weight excluding hydrogens is 322 g/mol. The second-order valence-electron chi connectivity index (χ2n) is 7.18. The predicted molar refractivity (Wildman–Crippen MR) is 103 cm³/mol. The van der Waals surface area contributed by atoms with E-state index in [1.165, 1.54) is 11.1 Å². The molecule has 4 nitrogen and oxygen atoms in total. The summed E-state index contributed by atoms with van der Waals surface area (Å²) in [4.78, 5) is 17.2. The average molecular weight is 347 g/mol. The first-order chi connectivity index (χ1) is 12.6. The molecule has 4 heteroatoms. The molecule has 1 amide bonds. The normalized spacial score (nSPS) is 17.2. The molecule has 0 spiro atoms. The molecular formula is C22H25N3O. The monoisotopic (exact) mass is 347 g/mol. The van der Waals surface area contributed by atoms with Crippen LogP contribution in [0.1, 0.15) is 52.4 Å². The van der Waals surface area contributed by atoms with Crippen LogP contribution in [0.2, 0.25) is 0 Å². The lowest BCUT2D eigenvalue weighted by atomic mass is 9.93. The summed E-state index contributed by atoms with van der Waals surface area (Å²) in [6.45, 7) is 1.67. The molecule has 1 saturated heterocycles. The Hall–Kier alpha value is -2.64. The van der Waals surface area contributed by atoms with Crippen LogP contribution >= 0.6 is 0 Å². The highest BCUT2D eigenvalue weighted by molar-refractivity contribution is 5.95. The van der Waals surface area contributed by atoms with E-state index in [1.54, 1.807) is 24.3 Å². The molecule has 0 aliphatic carbocycles. The van der Waals surface area contributed by atoms with Crippen molar-refractivity contribution in [3.05, 3.63) is 70.8 Å². The minimum Gasteiger partial charge on any atom is -0.332 e. The molecule has 3 rings (SSSR count). The van der Waals surface area contributed by atoms with Gasteiger partial charge >= 0.3 is 0 Å². The number of carbonyl (C=O) groups is 1. The molecule has 0 radical (unpaired) electrons. The first-order valence-corrected chi connectivity index (χ1v) is 9.13. The second kappa shape index (κ2) is 8.16. The van der Waals surface area contributed by atoms with Crippen LogP contribution in [0.3, 0.4) is 0 Å². The third-order valence-electron chi connectivity index (χ3n) is 4.87. The van der Waals surface area contributed by atoms with Gasteiger partial charge in [-0.3, -0.25) is 4.79 Å². The molecule has 2 aromatic carbocycles. The number of amides is 1. The Morgan fingerprint density at radius 3 is 2.65 bits per heavy atom. The zero-order chi connectivity index (χ0) is 18.5. The van der Waals surface area contributed by atoms with Gasteiger partial charge in [-0.15, -0.1) is 0 Å². The van der Waals surface area contributed by atoms with Crippen molar-refractivity contribution in [3.63, 3.8) is 0 Å². The highest BCUT2D eigenvalue weighted by atomic mass is 16.2. The van der Waals surface area contributed by atoms with Gasteiger partial charge in [0, 0.05) is 18.7 Å².